The van der Waals surface area contributed by atoms with Crippen LogP contribution >= 0.6 is 0 Å². The van der Waals surface area contributed by atoms with Crippen LogP contribution in [0, 0.1) is 17.8 Å². The van der Waals surface area contributed by atoms with E-state index in [9.17, 15) is 4.79 Å². The molecule has 1 unspecified atom stereocenters. The minimum Gasteiger partial charge on any atom is -0.489 e. The summed E-state index contributed by atoms with van der Waals surface area (Å²) in [4.78, 5) is 22.9. The van der Waals surface area contributed by atoms with E-state index in [1.165, 1.54) is 5.56 Å². The van der Waals surface area contributed by atoms with Crippen LogP contribution in [0.5, 0.6) is 5.75 Å². The summed E-state index contributed by atoms with van der Waals surface area (Å²) in [5.74, 6) is 7.61. The number of fused-ring (bicyclic) bond motifs is 1. The lowest BCUT2D eigenvalue weighted by Crippen LogP contribution is -2.25. The van der Waals surface area contributed by atoms with Gasteiger partial charge in [0.2, 0.25) is 5.95 Å². The largest absolute Gasteiger partial charge is 0.489 e. The summed E-state index contributed by atoms with van der Waals surface area (Å²) in [7, 11) is 0. The number of rotatable bonds is 7. The van der Waals surface area contributed by atoms with Gasteiger partial charge >= 0.3 is 0 Å². The number of ether oxygens (including phenoxy) is 1. The molecule has 194 valence electrons. The second kappa shape index (κ2) is 11.5. The van der Waals surface area contributed by atoms with Gasteiger partial charge in [-0.05, 0) is 60.8 Å². The molecular formula is C31H33N5O2. The molecule has 0 amide bonds. The first-order valence-corrected chi connectivity index (χ1v) is 13.2. The van der Waals surface area contributed by atoms with Crippen molar-refractivity contribution in [2.75, 3.05) is 18.4 Å². The molecule has 0 saturated carbocycles. The summed E-state index contributed by atoms with van der Waals surface area (Å²) in [5.41, 5.74) is 4.01. The van der Waals surface area contributed by atoms with Crippen molar-refractivity contribution in [3.8, 4) is 17.6 Å². The van der Waals surface area contributed by atoms with Gasteiger partial charge < -0.3 is 15.4 Å². The van der Waals surface area contributed by atoms with Gasteiger partial charge in [-0.3, -0.25) is 9.36 Å². The van der Waals surface area contributed by atoms with Crippen molar-refractivity contribution < 1.29 is 4.74 Å². The van der Waals surface area contributed by atoms with E-state index < -0.39 is 0 Å². The number of hydrogen-bond donors (Lipinski definition) is 2. The second-order valence-corrected chi connectivity index (χ2v) is 9.85. The van der Waals surface area contributed by atoms with E-state index >= 15 is 0 Å². The fraction of sp³-hybridized carbons (Fsp3) is 0.323. The number of anilines is 2. The van der Waals surface area contributed by atoms with Crippen LogP contribution in [-0.4, -0.2) is 33.7 Å². The zero-order valence-corrected chi connectivity index (χ0v) is 22.1. The Balaban J connectivity index is 1.49. The van der Waals surface area contributed by atoms with Crippen LogP contribution in [0.4, 0.5) is 11.6 Å². The van der Waals surface area contributed by atoms with Crippen LogP contribution in [0.15, 0.2) is 65.6 Å². The summed E-state index contributed by atoms with van der Waals surface area (Å²) < 4.78 is 7.73. The number of hydrogen-bond acceptors (Lipinski definition) is 6. The van der Waals surface area contributed by atoms with Crippen LogP contribution in [0.25, 0.3) is 11.0 Å². The van der Waals surface area contributed by atoms with Crippen LogP contribution in [0.2, 0.25) is 0 Å². The molecule has 2 N–H and O–H groups in total. The van der Waals surface area contributed by atoms with Crippen molar-refractivity contribution >= 4 is 22.7 Å². The summed E-state index contributed by atoms with van der Waals surface area (Å²) in [6.07, 6.45) is 3.86. The van der Waals surface area contributed by atoms with Crippen molar-refractivity contribution in [2.45, 2.75) is 46.3 Å². The van der Waals surface area contributed by atoms with Gasteiger partial charge in [0.15, 0.2) is 0 Å². The third-order valence-electron chi connectivity index (χ3n) is 6.58. The first-order chi connectivity index (χ1) is 18.5. The van der Waals surface area contributed by atoms with Crippen LogP contribution in [0.1, 0.15) is 43.9 Å². The first-order valence-electron chi connectivity index (χ1n) is 13.2. The molecule has 1 aliphatic rings. The van der Waals surface area contributed by atoms with E-state index in [1.54, 1.807) is 16.8 Å². The van der Waals surface area contributed by atoms with Gasteiger partial charge in [-0.1, -0.05) is 56.9 Å². The fourth-order valence-corrected chi connectivity index (χ4v) is 4.57. The third-order valence-corrected chi connectivity index (χ3v) is 6.58. The Bertz CT molecular complexity index is 1540. The molecule has 5 rings (SSSR count). The highest BCUT2D eigenvalue weighted by Gasteiger charge is 2.16. The predicted molar refractivity (Wildman–Crippen MR) is 152 cm³/mol. The van der Waals surface area contributed by atoms with Gasteiger partial charge in [0.1, 0.15) is 17.5 Å². The lowest BCUT2D eigenvalue weighted by molar-refractivity contribution is 0.223. The highest BCUT2D eigenvalue weighted by molar-refractivity contribution is 5.77. The molecule has 0 bridgehead atoms. The fourth-order valence-electron chi connectivity index (χ4n) is 4.57. The molecule has 7 nitrogen and oxygen atoms in total. The smallest absolute Gasteiger partial charge is 0.268 e. The molecule has 0 aliphatic carbocycles. The normalized spacial score (nSPS) is 14.9. The van der Waals surface area contributed by atoms with Gasteiger partial charge in [0.25, 0.3) is 5.56 Å². The van der Waals surface area contributed by atoms with Gasteiger partial charge in [0.05, 0.1) is 12.1 Å². The average Bonchev–Trinajstić information content (AvgIpc) is 3.44. The molecule has 0 radical (unpaired) electrons. The Kier molecular flexibility index (Phi) is 7.71. The molecule has 1 aliphatic heterocycles. The molecule has 38 heavy (non-hydrogen) atoms. The topological polar surface area (TPSA) is 81.1 Å². The van der Waals surface area contributed by atoms with Crippen molar-refractivity contribution in [3.63, 3.8) is 0 Å². The SMILES string of the molecule is CCc1ccccc1Cn1c(=O)c(C#CC(C)C)cc2cnc(Nc3ccc(OC4CCNC4)cc3)nc21. The quantitative estimate of drug-likeness (QED) is 0.347. The van der Waals surface area contributed by atoms with Crippen LogP contribution in [-0.2, 0) is 13.0 Å². The van der Waals surface area contributed by atoms with Crippen LogP contribution in [0.3, 0.4) is 0 Å². The van der Waals surface area contributed by atoms with Crippen molar-refractivity contribution in [1.29, 1.82) is 0 Å². The number of benzene rings is 2. The summed E-state index contributed by atoms with van der Waals surface area (Å²) >= 11 is 0. The van der Waals surface area contributed by atoms with E-state index in [2.05, 4.69) is 46.5 Å². The first kappa shape index (κ1) is 25.5. The lowest BCUT2D eigenvalue weighted by atomic mass is 10.0. The monoisotopic (exact) mass is 507 g/mol. The molecule has 1 atom stereocenters. The van der Waals surface area contributed by atoms with Gasteiger partial charge in [-0.15, -0.1) is 0 Å². The van der Waals surface area contributed by atoms with Gasteiger partial charge in [0, 0.05) is 29.7 Å². The van der Waals surface area contributed by atoms with E-state index in [4.69, 9.17) is 9.72 Å². The number of pyridine rings is 1. The summed E-state index contributed by atoms with van der Waals surface area (Å²) in [5, 5.41) is 7.35. The molecule has 2 aromatic heterocycles. The average molecular weight is 508 g/mol. The minimum absolute atomic E-state index is 0.149. The number of aryl methyl sites for hydroxylation is 1. The van der Waals surface area contributed by atoms with E-state index in [0.717, 1.165) is 48.3 Å². The van der Waals surface area contributed by atoms with Gasteiger partial charge in [-0.2, -0.15) is 4.98 Å². The Labute approximate surface area is 223 Å². The Hall–Kier alpha value is -4.15. The van der Waals surface area contributed by atoms with E-state index in [-0.39, 0.29) is 17.6 Å². The highest BCUT2D eigenvalue weighted by Crippen LogP contribution is 2.22. The Morgan fingerprint density at radius 2 is 1.95 bits per heavy atom. The van der Waals surface area contributed by atoms with Crippen molar-refractivity contribution in [3.05, 3.63) is 87.8 Å². The Morgan fingerprint density at radius 1 is 1.16 bits per heavy atom. The maximum Gasteiger partial charge on any atom is 0.268 e. The molecule has 4 aromatic rings. The second-order valence-electron chi connectivity index (χ2n) is 9.85. The molecule has 2 aromatic carbocycles. The zero-order chi connectivity index (χ0) is 26.5. The summed E-state index contributed by atoms with van der Waals surface area (Å²) in [6.45, 7) is 8.42. The maximum absolute atomic E-state index is 13.6. The standard InChI is InChI=1S/C31H33N5O2/c1-4-22-7-5-6-8-24(22)20-36-29-25(17-23(30(36)37)10-9-21(2)3)18-33-31(35-29)34-26-11-13-27(14-12-26)38-28-15-16-32-19-28/h5-8,11-14,17-18,21,28,32H,4,15-16,19-20H2,1-3H3,(H,33,34,35). The van der Waals surface area contributed by atoms with E-state index in [1.807, 2.05) is 50.2 Å². The number of nitrogens with zero attached hydrogens (tertiary/aromatic N) is 3. The minimum atomic E-state index is -0.149. The number of aromatic nitrogens is 3. The van der Waals surface area contributed by atoms with Crippen LogP contribution < -0.4 is 20.9 Å². The highest BCUT2D eigenvalue weighted by atomic mass is 16.5. The third kappa shape index (κ3) is 5.87. The molecule has 0 spiro atoms. The van der Waals surface area contributed by atoms with Crippen molar-refractivity contribution in [1.82, 2.24) is 19.9 Å². The molecular weight excluding hydrogens is 474 g/mol. The molecule has 1 saturated heterocycles. The van der Waals surface area contributed by atoms with E-state index in [0.29, 0.717) is 23.7 Å². The number of nitrogens with one attached hydrogen (secondary N) is 2. The predicted octanol–water partition coefficient (Wildman–Crippen LogP) is 4.89. The molecule has 1 fully saturated rings. The molecule has 3 heterocycles. The lowest BCUT2D eigenvalue weighted by Gasteiger charge is -2.15. The summed E-state index contributed by atoms with van der Waals surface area (Å²) in [6, 6.07) is 17.8. The van der Waals surface area contributed by atoms with Gasteiger partial charge in [-0.25, -0.2) is 4.98 Å². The van der Waals surface area contributed by atoms with Crippen molar-refractivity contribution in [2.24, 2.45) is 5.92 Å². The maximum atomic E-state index is 13.6. The zero-order valence-electron chi connectivity index (χ0n) is 22.1. The Morgan fingerprint density at radius 3 is 2.66 bits per heavy atom. The molecule has 7 heteroatoms.